The van der Waals surface area contributed by atoms with Crippen LogP contribution < -0.4 is 5.32 Å². The van der Waals surface area contributed by atoms with Gasteiger partial charge in [0.2, 0.25) is 5.91 Å². The summed E-state index contributed by atoms with van der Waals surface area (Å²) in [5.74, 6) is -1.99. The predicted octanol–water partition coefficient (Wildman–Crippen LogP) is -0.301. The number of nitrogens with one attached hydrogen (secondary N) is 1. The summed E-state index contributed by atoms with van der Waals surface area (Å²) >= 11 is 0. The number of amides is 1. The fourth-order valence-corrected chi connectivity index (χ4v) is 1.40. The van der Waals surface area contributed by atoms with Gasteiger partial charge in [-0.25, -0.2) is 4.79 Å². The number of non-ortho nitro benzene ring substituents is 1. The quantitative estimate of drug-likeness (QED) is 0.479. The third-order valence-corrected chi connectivity index (χ3v) is 2.30. The highest BCUT2D eigenvalue weighted by Gasteiger charge is 2.19. The van der Waals surface area contributed by atoms with Crippen molar-refractivity contribution in [2.75, 3.05) is 6.61 Å². The summed E-state index contributed by atoms with van der Waals surface area (Å²) in [6.07, 6.45) is -0.203. The van der Waals surface area contributed by atoms with Crippen molar-refractivity contribution in [1.29, 1.82) is 0 Å². The summed E-state index contributed by atoms with van der Waals surface area (Å²) < 4.78 is 0. The predicted molar refractivity (Wildman–Crippen MR) is 63.5 cm³/mol. The minimum atomic E-state index is -1.38. The summed E-state index contributed by atoms with van der Waals surface area (Å²) in [4.78, 5) is 32.1. The maximum Gasteiger partial charge on any atom is 0.328 e. The molecule has 1 aromatic rings. The zero-order chi connectivity index (χ0) is 14.4. The lowest BCUT2D eigenvalue weighted by molar-refractivity contribution is -0.384. The van der Waals surface area contributed by atoms with E-state index in [4.69, 9.17) is 10.2 Å². The number of benzene rings is 1. The maximum atomic E-state index is 11.5. The first-order valence-corrected chi connectivity index (χ1v) is 5.30. The van der Waals surface area contributed by atoms with Gasteiger partial charge >= 0.3 is 5.97 Å². The molecule has 1 amide bonds. The number of rotatable bonds is 6. The molecule has 0 saturated carbocycles. The van der Waals surface area contributed by atoms with Crippen LogP contribution in [0.25, 0.3) is 0 Å². The molecule has 1 atom stereocenters. The van der Waals surface area contributed by atoms with Crippen molar-refractivity contribution in [3.8, 4) is 0 Å². The Morgan fingerprint density at radius 1 is 1.42 bits per heavy atom. The Hall–Kier alpha value is -2.48. The molecule has 0 spiro atoms. The number of nitrogens with zero attached hydrogens (tertiary/aromatic N) is 1. The fraction of sp³-hybridized carbons (Fsp3) is 0.273. The fourth-order valence-electron chi connectivity index (χ4n) is 1.40. The average Bonchev–Trinajstić information content (AvgIpc) is 2.35. The highest BCUT2D eigenvalue weighted by molar-refractivity contribution is 5.85. The molecule has 1 unspecified atom stereocenters. The Morgan fingerprint density at radius 2 is 2.11 bits per heavy atom. The molecule has 0 saturated heterocycles. The molecule has 0 aliphatic carbocycles. The second-order valence-corrected chi connectivity index (χ2v) is 3.74. The Balaban J connectivity index is 2.69. The van der Waals surface area contributed by atoms with Gasteiger partial charge in [-0.15, -0.1) is 0 Å². The third-order valence-electron chi connectivity index (χ3n) is 2.30. The number of aliphatic hydroxyl groups excluding tert-OH is 1. The van der Waals surface area contributed by atoms with Gasteiger partial charge in [-0.05, 0) is 5.56 Å². The van der Waals surface area contributed by atoms with Crippen molar-refractivity contribution in [2.45, 2.75) is 12.5 Å². The van der Waals surface area contributed by atoms with E-state index in [1.807, 2.05) is 0 Å². The van der Waals surface area contributed by atoms with E-state index in [-0.39, 0.29) is 12.1 Å². The van der Waals surface area contributed by atoms with Crippen LogP contribution in [0.5, 0.6) is 0 Å². The number of aliphatic hydroxyl groups is 1. The lowest BCUT2D eigenvalue weighted by atomic mass is 10.1. The van der Waals surface area contributed by atoms with Gasteiger partial charge in [0.15, 0.2) is 0 Å². The van der Waals surface area contributed by atoms with Gasteiger partial charge in [-0.3, -0.25) is 14.9 Å². The van der Waals surface area contributed by atoms with Gasteiger partial charge < -0.3 is 15.5 Å². The molecule has 0 aliphatic rings. The number of carbonyl (C=O) groups excluding carboxylic acids is 1. The molecule has 0 aromatic heterocycles. The van der Waals surface area contributed by atoms with Crippen molar-refractivity contribution in [1.82, 2.24) is 5.32 Å². The SMILES string of the molecule is O=C(Cc1cccc([N+](=O)[O-])c1)NC(CO)C(=O)O. The van der Waals surface area contributed by atoms with E-state index in [1.54, 1.807) is 0 Å². The van der Waals surface area contributed by atoms with Crippen LogP contribution in [0, 0.1) is 10.1 Å². The molecule has 8 nitrogen and oxygen atoms in total. The Labute approximate surface area is 107 Å². The number of nitro benzene ring substituents is 1. The zero-order valence-electron chi connectivity index (χ0n) is 9.78. The third kappa shape index (κ3) is 4.36. The second-order valence-electron chi connectivity index (χ2n) is 3.74. The van der Waals surface area contributed by atoms with Crippen LogP contribution in [-0.4, -0.2) is 39.7 Å². The van der Waals surface area contributed by atoms with Gasteiger partial charge in [-0.2, -0.15) is 0 Å². The first-order valence-electron chi connectivity index (χ1n) is 5.30. The molecule has 0 radical (unpaired) electrons. The van der Waals surface area contributed by atoms with Crippen LogP contribution in [0.4, 0.5) is 5.69 Å². The molecule has 0 heterocycles. The van der Waals surface area contributed by atoms with Crippen LogP contribution >= 0.6 is 0 Å². The Morgan fingerprint density at radius 3 is 2.63 bits per heavy atom. The molecular formula is C11H12N2O6. The van der Waals surface area contributed by atoms with E-state index in [1.165, 1.54) is 24.3 Å². The Bertz CT molecular complexity index is 502. The molecule has 1 aromatic carbocycles. The van der Waals surface area contributed by atoms with Gasteiger partial charge in [0.05, 0.1) is 18.0 Å². The zero-order valence-corrected chi connectivity index (χ0v) is 9.78. The number of nitro groups is 1. The second kappa shape index (κ2) is 6.45. The molecule has 3 N–H and O–H groups in total. The first-order chi connectivity index (χ1) is 8.93. The number of hydrogen-bond acceptors (Lipinski definition) is 5. The average molecular weight is 268 g/mol. The smallest absolute Gasteiger partial charge is 0.328 e. The first kappa shape index (κ1) is 14.6. The van der Waals surface area contributed by atoms with E-state index in [0.717, 1.165) is 0 Å². The van der Waals surface area contributed by atoms with Gasteiger partial charge in [0.1, 0.15) is 6.04 Å². The minimum absolute atomic E-state index is 0.151. The molecule has 102 valence electrons. The summed E-state index contributed by atoms with van der Waals surface area (Å²) in [5.41, 5.74) is 0.232. The highest BCUT2D eigenvalue weighted by atomic mass is 16.6. The van der Waals surface area contributed by atoms with E-state index in [2.05, 4.69) is 5.32 Å². The standard InChI is InChI=1S/C11H12N2O6/c14-6-9(11(16)17)12-10(15)5-7-2-1-3-8(4-7)13(18)19/h1-4,9,14H,5-6H2,(H,12,15)(H,16,17). The summed E-state index contributed by atoms with van der Waals surface area (Å²) in [6, 6.07) is 4.08. The summed E-state index contributed by atoms with van der Waals surface area (Å²) in [6.45, 7) is -0.726. The van der Waals surface area contributed by atoms with Crippen LogP contribution in [0.3, 0.4) is 0 Å². The largest absolute Gasteiger partial charge is 0.480 e. The maximum absolute atomic E-state index is 11.5. The number of carboxylic acids is 1. The van der Waals surface area contributed by atoms with E-state index in [9.17, 15) is 19.7 Å². The topological polar surface area (TPSA) is 130 Å². The summed E-state index contributed by atoms with van der Waals surface area (Å²) in [7, 11) is 0. The molecule has 0 fully saturated rings. The molecule has 0 bridgehead atoms. The van der Waals surface area contributed by atoms with E-state index < -0.39 is 29.4 Å². The number of hydrogen-bond donors (Lipinski definition) is 3. The monoisotopic (exact) mass is 268 g/mol. The highest BCUT2D eigenvalue weighted by Crippen LogP contribution is 2.13. The Kier molecular flexibility index (Phi) is 4.95. The minimum Gasteiger partial charge on any atom is -0.480 e. The lowest BCUT2D eigenvalue weighted by Crippen LogP contribution is -2.43. The van der Waals surface area contributed by atoms with E-state index in [0.29, 0.717) is 5.56 Å². The molecule has 8 heteroatoms. The van der Waals surface area contributed by atoms with Gasteiger partial charge in [-0.1, -0.05) is 12.1 Å². The van der Waals surface area contributed by atoms with Crippen molar-refractivity contribution < 1.29 is 24.7 Å². The number of carbonyl (C=O) groups is 2. The van der Waals surface area contributed by atoms with Crippen LogP contribution in [0.2, 0.25) is 0 Å². The van der Waals surface area contributed by atoms with Crippen LogP contribution in [0.1, 0.15) is 5.56 Å². The molecule has 19 heavy (non-hydrogen) atoms. The number of aliphatic carboxylic acids is 1. The lowest BCUT2D eigenvalue weighted by Gasteiger charge is -2.11. The molecular weight excluding hydrogens is 256 g/mol. The van der Waals surface area contributed by atoms with E-state index >= 15 is 0 Å². The van der Waals surface area contributed by atoms with Crippen molar-refractivity contribution >= 4 is 17.6 Å². The molecule has 1 rings (SSSR count). The van der Waals surface area contributed by atoms with Crippen LogP contribution in [0.15, 0.2) is 24.3 Å². The van der Waals surface area contributed by atoms with Crippen molar-refractivity contribution in [3.05, 3.63) is 39.9 Å². The number of carboxylic acid groups (broad SMARTS) is 1. The van der Waals surface area contributed by atoms with Gasteiger partial charge in [0, 0.05) is 12.1 Å². The normalized spacial score (nSPS) is 11.6. The summed E-state index contributed by atoms with van der Waals surface area (Å²) in [5, 5.41) is 30.0. The van der Waals surface area contributed by atoms with Gasteiger partial charge in [0.25, 0.3) is 5.69 Å². The molecule has 0 aliphatic heterocycles. The van der Waals surface area contributed by atoms with Crippen molar-refractivity contribution in [2.24, 2.45) is 0 Å². The van der Waals surface area contributed by atoms with Crippen molar-refractivity contribution in [3.63, 3.8) is 0 Å². The van der Waals surface area contributed by atoms with Crippen LogP contribution in [-0.2, 0) is 16.0 Å².